The maximum atomic E-state index is 12.0. The molecule has 0 radical (unpaired) electrons. The minimum atomic E-state index is -0.159. The van der Waals surface area contributed by atoms with Gasteiger partial charge < -0.3 is 9.40 Å². The highest BCUT2D eigenvalue weighted by atomic mass is 79.9. The summed E-state index contributed by atoms with van der Waals surface area (Å²) in [5.41, 5.74) is 0.620. The average molecular weight is 351 g/mol. The summed E-state index contributed by atoms with van der Waals surface area (Å²) in [6.07, 6.45) is 1.93. The number of aromatic amines is 1. The monoisotopic (exact) mass is 350 g/mol. The minimum absolute atomic E-state index is 0.159. The Kier molecular flexibility index (Phi) is 3.78. The summed E-state index contributed by atoms with van der Waals surface area (Å²) in [7, 11) is 0. The fraction of sp³-hybridized carbons (Fsp3) is 0.500. The van der Waals surface area contributed by atoms with E-state index >= 15 is 0 Å². The van der Waals surface area contributed by atoms with Gasteiger partial charge >= 0.3 is 0 Å². The van der Waals surface area contributed by atoms with Crippen LogP contribution in [-0.4, -0.2) is 9.97 Å². The number of nitrogens with zero attached hydrogens (tertiary/aromatic N) is 1. The van der Waals surface area contributed by atoms with E-state index in [4.69, 9.17) is 4.42 Å². The van der Waals surface area contributed by atoms with Crippen LogP contribution in [0.2, 0.25) is 0 Å². The zero-order valence-electron chi connectivity index (χ0n) is 12.4. The van der Waals surface area contributed by atoms with E-state index in [1.807, 2.05) is 12.1 Å². The van der Waals surface area contributed by atoms with Crippen molar-refractivity contribution < 1.29 is 4.42 Å². The lowest BCUT2D eigenvalue weighted by Crippen LogP contribution is -2.14. The second kappa shape index (κ2) is 5.44. The van der Waals surface area contributed by atoms with Gasteiger partial charge in [-0.25, -0.2) is 4.98 Å². The average Bonchev–Trinajstić information content (AvgIpc) is 2.96. The topological polar surface area (TPSA) is 58.9 Å². The van der Waals surface area contributed by atoms with Crippen molar-refractivity contribution in [1.82, 2.24) is 9.97 Å². The Hall–Kier alpha value is -1.36. The highest BCUT2D eigenvalue weighted by Crippen LogP contribution is 2.47. The van der Waals surface area contributed by atoms with Gasteiger partial charge in [0.2, 0.25) is 0 Å². The molecule has 1 fully saturated rings. The number of halogens is 1. The van der Waals surface area contributed by atoms with E-state index in [1.165, 1.54) is 6.42 Å². The van der Waals surface area contributed by atoms with Gasteiger partial charge in [-0.15, -0.1) is 0 Å². The Balaban J connectivity index is 1.96. The fourth-order valence-corrected chi connectivity index (χ4v) is 2.89. The third-order valence-corrected chi connectivity index (χ3v) is 4.69. The van der Waals surface area contributed by atoms with Crippen LogP contribution in [0, 0.1) is 11.8 Å². The molecule has 0 amide bonds. The summed E-state index contributed by atoms with van der Waals surface area (Å²) in [6.45, 7) is 6.43. The Bertz CT molecular complexity index is 717. The largest absolute Gasteiger partial charge is 0.458 e. The summed E-state index contributed by atoms with van der Waals surface area (Å²) < 4.78 is 6.39. The molecule has 2 atom stereocenters. The lowest BCUT2D eigenvalue weighted by molar-refractivity contribution is 0.514. The van der Waals surface area contributed by atoms with Crippen LogP contribution < -0.4 is 5.56 Å². The van der Waals surface area contributed by atoms with E-state index in [9.17, 15) is 4.79 Å². The molecule has 2 aromatic rings. The standard InChI is InChI=1S/C16H19BrN2O2/c1-8(2)6-11-14(17)16(20)19-15(18-11)13-5-4-12(21-13)10-7-9(10)3/h4-5,8-10H,6-7H2,1-3H3,(H,18,19,20). The van der Waals surface area contributed by atoms with Crippen molar-refractivity contribution in [3.05, 3.63) is 38.4 Å². The molecule has 21 heavy (non-hydrogen) atoms. The van der Waals surface area contributed by atoms with Crippen molar-refractivity contribution in [3.63, 3.8) is 0 Å². The van der Waals surface area contributed by atoms with Crippen LogP contribution in [0.3, 0.4) is 0 Å². The van der Waals surface area contributed by atoms with Gasteiger partial charge in [-0.1, -0.05) is 20.8 Å². The lowest BCUT2D eigenvalue weighted by atomic mass is 10.1. The van der Waals surface area contributed by atoms with Gasteiger partial charge in [-0.2, -0.15) is 0 Å². The van der Waals surface area contributed by atoms with Crippen LogP contribution in [0.4, 0.5) is 0 Å². The maximum Gasteiger partial charge on any atom is 0.265 e. The number of hydrogen-bond acceptors (Lipinski definition) is 3. The molecule has 0 spiro atoms. The number of nitrogens with one attached hydrogen (secondary N) is 1. The first-order chi connectivity index (χ1) is 9.95. The first kappa shape index (κ1) is 14.6. The summed E-state index contributed by atoms with van der Waals surface area (Å²) in [4.78, 5) is 19.4. The molecule has 3 rings (SSSR count). The highest BCUT2D eigenvalue weighted by molar-refractivity contribution is 9.10. The van der Waals surface area contributed by atoms with Gasteiger partial charge in [0.25, 0.3) is 5.56 Å². The van der Waals surface area contributed by atoms with Crippen molar-refractivity contribution >= 4 is 15.9 Å². The molecule has 1 aliphatic rings. The number of furan rings is 1. The molecule has 1 aliphatic carbocycles. The first-order valence-electron chi connectivity index (χ1n) is 7.34. The summed E-state index contributed by atoms with van der Waals surface area (Å²) >= 11 is 3.32. The van der Waals surface area contributed by atoms with Crippen molar-refractivity contribution in [2.24, 2.45) is 11.8 Å². The van der Waals surface area contributed by atoms with Crippen LogP contribution in [0.15, 0.2) is 25.8 Å². The van der Waals surface area contributed by atoms with Crippen LogP contribution in [0.5, 0.6) is 0 Å². The molecule has 2 unspecified atom stereocenters. The summed E-state index contributed by atoms with van der Waals surface area (Å²) in [6, 6.07) is 3.89. The fourth-order valence-electron chi connectivity index (χ4n) is 2.54. The van der Waals surface area contributed by atoms with Gasteiger partial charge in [0.15, 0.2) is 11.6 Å². The molecular formula is C16H19BrN2O2. The number of hydrogen-bond donors (Lipinski definition) is 1. The first-order valence-corrected chi connectivity index (χ1v) is 8.13. The molecule has 0 aliphatic heterocycles. The second-order valence-corrected chi connectivity index (χ2v) is 7.09. The third kappa shape index (κ3) is 2.98. The molecule has 0 saturated heterocycles. The van der Waals surface area contributed by atoms with Crippen LogP contribution in [-0.2, 0) is 6.42 Å². The van der Waals surface area contributed by atoms with E-state index in [0.717, 1.165) is 17.9 Å². The zero-order chi connectivity index (χ0) is 15.1. The normalized spacial score (nSPS) is 21.0. The molecule has 2 heterocycles. The summed E-state index contributed by atoms with van der Waals surface area (Å²) in [5.74, 6) is 3.79. The van der Waals surface area contributed by atoms with E-state index in [1.54, 1.807) is 0 Å². The van der Waals surface area contributed by atoms with E-state index in [-0.39, 0.29) is 5.56 Å². The Labute approximate surface area is 132 Å². The van der Waals surface area contributed by atoms with Gasteiger partial charge in [-0.3, -0.25) is 4.79 Å². The predicted octanol–water partition coefficient (Wildman–Crippen LogP) is 4.11. The summed E-state index contributed by atoms with van der Waals surface area (Å²) in [5, 5.41) is 0. The van der Waals surface area contributed by atoms with Crippen LogP contribution in [0.25, 0.3) is 11.6 Å². The Morgan fingerprint density at radius 1 is 1.48 bits per heavy atom. The number of H-pyrrole nitrogens is 1. The minimum Gasteiger partial charge on any atom is -0.458 e. The van der Waals surface area contributed by atoms with Crippen molar-refractivity contribution in [2.45, 2.75) is 39.5 Å². The molecule has 0 bridgehead atoms. The molecule has 112 valence electrons. The second-order valence-electron chi connectivity index (χ2n) is 6.29. The predicted molar refractivity (Wildman–Crippen MR) is 85.3 cm³/mol. The van der Waals surface area contributed by atoms with Crippen LogP contribution >= 0.6 is 15.9 Å². The molecule has 4 nitrogen and oxygen atoms in total. The Morgan fingerprint density at radius 3 is 2.81 bits per heavy atom. The number of rotatable bonds is 4. The van der Waals surface area contributed by atoms with Crippen molar-refractivity contribution in [1.29, 1.82) is 0 Å². The molecule has 1 saturated carbocycles. The maximum absolute atomic E-state index is 12.0. The van der Waals surface area contributed by atoms with Gasteiger partial charge in [0.05, 0.1) is 5.69 Å². The lowest BCUT2D eigenvalue weighted by Gasteiger charge is -2.07. The smallest absolute Gasteiger partial charge is 0.265 e. The number of aromatic nitrogens is 2. The molecule has 2 aromatic heterocycles. The molecule has 1 N–H and O–H groups in total. The quantitative estimate of drug-likeness (QED) is 0.902. The van der Waals surface area contributed by atoms with E-state index in [2.05, 4.69) is 46.7 Å². The zero-order valence-corrected chi connectivity index (χ0v) is 14.0. The van der Waals surface area contributed by atoms with Gasteiger partial charge in [0, 0.05) is 5.92 Å². The molecule has 0 aromatic carbocycles. The van der Waals surface area contributed by atoms with Crippen molar-refractivity contribution in [2.75, 3.05) is 0 Å². The SMILES string of the molecule is CC(C)Cc1nc(-c2ccc(C3CC3C)o2)[nH]c(=O)c1Br. The van der Waals surface area contributed by atoms with E-state index < -0.39 is 0 Å². The molecular weight excluding hydrogens is 332 g/mol. The van der Waals surface area contributed by atoms with Crippen molar-refractivity contribution in [3.8, 4) is 11.6 Å². The third-order valence-electron chi connectivity index (χ3n) is 3.87. The van der Waals surface area contributed by atoms with E-state index in [0.29, 0.717) is 33.8 Å². The van der Waals surface area contributed by atoms with Gasteiger partial charge in [-0.05, 0) is 52.7 Å². The van der Waals surface area contributed by atoms with Crippen LogP contribution in [0.1, 0.15) is 44.6 Å². The molecule has 5 heteroatoms. The highest BCUT2D eigenvalue weighted by Gasteiger charge is 2.36. The van der Waals surface area contributed by atoms with Gasteiger partial charge in [0.1, 0.15) is 10.2 Å². The Morgan fingerprint density at radius 2 is 2.19 bits per heavy atom.